The Kier molecular flexibility index (Phi) is 2.51. The van der Waals surface area contributed by atoms with E-state index in [1.165, 1.54) is 17.0 Å². The highest BCUT2D eigenvalue weighted by molar-refractivity contribution is 5.29. The molecule has 0 N–H and O–H groups in total. The number of aromatic nitrogens is 2. The third-order valence-electron chi connectivity index (χ3n) is 2.43. The maximum Gasteiger partial charge on any atom is 0.0654 e. The fraction of sp³-hybridized carbons (Fsp3) is 0.727. The molecule has 13 heavy (non-hydrogen) atoms. The summed E-state index contributed by atoms with van der Waals surface area (Å²) in [4.78, 5) is 0. The van der Waals surface area contributed by atoms with Gasteiger partial charge in [0.25, 0.3) is 0 Å². The molecule has 0 bridgehead atoms. The Balaban J connectivity index is 3.29. The Labute approximate surface area is 81.0 Å². The monoisotopic (exact) mass is 180 g/mol. The second kappa shape index (κ2) is 3.17. The minimum absolute atomic E-state index is 0.194. The van der Waals surface area contributed by atoms with Gasteiger partial charge in [0.05, 0.1) is 5.69 Å². The number of hydrogen-bond acceptors (Lipinski definition) is 1. The number of nitrogens with zero attached hydrogens (tertiary/aromatic N) is 2. The van der Waals surface area contributed by atoms with E-state index in [0.717, 1.165) is 6.42 Å². The summed E-state index contributed by atoms with van der Waals surface area (Å²) in [6.45, 7) is 11.0. The van der Waals surface area contributed by atoms with E-state index in [1.54, 1.807) is 0 Å². The van der Waals surface area contributed by atoms with Gasteiger partial charge in [-0.3, -0.25) is 4.68 Å². The highest BCUT2D eigenvalue weighted by Crippen LogP contribution is 2.26. The predicted molar refractivity (Wildman–Crippen MR) is 56.0 cm³/mol. The molecule has 0 fully saturated rings. The molecular formula is C11H20N2. The number of aryl methyl sites for hydroxylation is 2. The maximum atomic E-state index is 4.51. The molecule has 0 aliphatic carbocycles. The van der Waals surface area contributed by atoms with Crippen molar-refractivity contribution >= 4 is 0 Å². The molecule has 1 aromatic heterocycles. The van der Waals surface area contributed by atoms with Crippen molar-refractivity contribution in [2.24, 2.45) is 7.05 Å². The van der Waals surface area contributed by atoms with Gasteiger partial charge in [0.2, 0.25) is 0 Å². The van der Waals surface area contributed by atoms with Crippen LogP contribution < -0.4 is 0 Å². The lowest BCUT2D eigenvalue weighted by Gasteiger charge is -2.20. The normalized spacial score (nSPS) is 12.2. The molecule has 0 aliphatic rings. The molecule has 0 aliphatic heterocycles. The standard InChI is InChI=1S/C11H20N2/c1-7-9-8(2)10(11(3,4)5)13(6)12-9/h7H2,1-6H3. The van der Waals surface area contributed by atoms with Gasteiger partial charge in [-0.1, -0.05) is 27.7 Å². The van der Waals surface area contributed by atoms with Crippen molar-refractivity contribution < 1.29 is 0 Å². The summed E-state index contributed by atoms with van der Waals surface area (Å²) in [5, 5.41) is 4.51. The third-order valence-corrected chi connectivity index (χ3v) is 2.43. The van der Waals surface area contributed by atoms with Crippen LogP contribution in [-0.2, 0) is 18.9 Å². The first-order valence-electron chi connectivity index (χ1n) is 4.91. The topological polar surface area (TPSA) is 17.8 Å². The molecule has 1 rings (SSSR count). The smallest absolute Gasteiger partial charge is 0.0654 e. The zero-order valence-corrected chi connectivity index (χ0v) is 9.60. The van der Waals surface area contributed by atoms with Crippen molar-refractivity contribution in [3.05, 3.63) is 17.0 Å². The molecule has 1 aromatic rings. The zero-order valence-electron chi connectivity index (χ0n) is 9.60. The van der Waals surface area contributed by atoms with Gasteiger partial charge in [-0.2, -0.15) is 5.10 Å². The molecule has 0 saturated carbocycles. The van der Waals surface area contributed by atoms with Gasteiger partial charge in [0.1, 0.15) is 0 Å². The molecule has 74 valence electrons. The Morgan fingerprint density at radius 2 is 1.85 bits per heavy atom. The molecule has 0 spiro atoms. The first-order valence-corrected chi connectivity index (χ1v) is 4.91. The molecule has 0 saturated heterocycles. The number of rotatable bonds is 1. The fourth-order valence-electron chi connectivity index (χ4n) is 2.07. The average molecular weight is 180 g/mol. The molecular weight excluding hydrogens is 160 g/mol. The lowest BCUT2D eigenvalue weighted by Crippen LogP contribution is -2.17. The van der Waals surface area contributed by atoms with Gasteiger partial charge < -0.3 is 0 Å². The van der Waals surface area contributed by atoms with E-state index in [1.807, 2.05) is 11.7 Å². The third kappa shape index (κ3) is 1.77. The lowest BCUT2D eigenvalue weighted by molar-refractivity contribution is 0.519. The molecule has 0 aromatic carbocycles. The van der Waals surface area contributed by atoms with Crippen molar-refractivity contribution in [2.75, 3.05) is 0 Å². The quantitative estimate of drug-likeness (QED) is 0.649. The van der Waals surface area contributed by atoms with Gasteiger partial charge >= 0.3 is 0 Å². The van der Waals surface area contributed by atoms with Crippen LogP contribution in [0.3, 0.4) is 0 Å². The highest BCUT2D eigenvalue weighted by atomic mass is 15.3. The summed E-state index contributed by atoms with van der Waals surface area (Å²) >= 11 is 0. The lowest BCUT2D eigenvalue weighted by atomic mass is 9.89. The SMILES string of the molecule is CCc1nn(C)c(C(C)(C)C)c1C. The second-order valence-electron chi connectivity index (χ2n) is 4.65. The fourth-order valence-corrected chi connectivity index (χ4v) is 2.07. The average Bonchev–Trinajstić information content (AvgIpc) is 2.24. The molecule has 1 heterocycles. The van der Waals surface area contributed by atoms with E-state index in [0.29, 0.717) is 0 Å². The second-order valence-corrected chi connectivity index (χ2v) is 4.65. The van der Waals surface area contributed by atoms with Gasteiger partial charge in [-0.25, -0.2) is 0 Å². The summed E-state index contributed by atoms with van der Waals surface area (Å²) < 4.78 is 2.02. The summed E-state index contributed by atoms with van der Waals surface area (Å²) in [6, 6.07) is 0. The van der Waals surface area contributed by atoms with Crippen LogP contribution in [0.2, 0.25) is 0 Å². The van der Waals surface area contributed by atoms with Crippen molar-refractivity contribution in [2.45, 2.75) is 46.5 Å². The van der Waals surface area contributed by atoms with Crippen molar-refractivity contribution in [1.82, 2.24) is 9.78 Å². The van der Waals surface area contributed by atoms with Gasteiger partial charge in [0, 0.05) is 18.2 Å². The molecule has 0 radical (unpaired) electrons. The first kappa shape index (κ1) is 10.3. The molecule has 0 amide bonds. The Morgan fingerprint density at radius 3 is 2.08 bits per heavy atom. The molecule has 2 heteroatoms. The van der Waals surface area contributed by atoms with Gasteiger partial charge in [0.15, 0.2) is 0 Å². The van der Waals surface area contributed by atoms with Crippen LogP contribution in [0.5, 0.6) is 0 Å². The Morgan fingerprint density at radius 1 is 1.31 bits per heavy atom. The van der Waals surface area contributed by atoms with Crippen LogP contribution in [0.25, 0.3) is 0 Å². The minimum atomic E-state index is 0.194. The van der Waals surface area contributed by atoms with Crippen LogP contribution in [0.15, 0.2) is 0 Å². The Hall–Kier alpha value is -0.790. The van der Waals surface area contributed by atoms with E-state index in [4.69, 9.17) is 0 Å². The van der Waals surface area contributed by atoms with Crippen LogP contribution in [0.4, 0.5) is 0 Å². The molecule has 0 atom stereocenters. The van der Waals surface area contributed by atoms with E-state index in [9.17, 15) is 0 Å². The van der Waals surface area contributed by atoms with E-state index in [2.05, 4.69) is 39.7 Å². The van der Waals surface area contributed by atoms with Crippen LogP contribution in [-0.4, -0.2) is 9.78 Å². The van der Waals surface area contributed by atoms with Crippen molar-refractivity contribution in [1.29, 1.82) is 0 Å². The zero-order chi connectivity index (χ0) is 10.2. The minimum Gasteiger partial charge on any atom is -0.272 e. The highest BCUT2D eigenvalue weighted by Gasteiger charge is 2.22. The largest absolute Gasteiger partial charge is 0.272 e. The number of hydrogen-bond donors (Lipinski definition) is 0. The van der Waals surface area contributed by atoms with Gasteiger partial charge in [-0.15, -0.1) is 0 Å². The Bertz CT molecular complexity index is 303. The van der Waals surface area contributed by atoms with E-state index < -0.39 is 0 Å². The van der Waals surface area contributed by atoms with Crippen LogP contribution >= 0.6 is 0 Å². The molecule has 0 unspecified atom stereocenters. The summed E-state index contributed by atoms with van der Waals surface area (Å²) in [5.41, 5.74) is 4.13. The van der Waals surface area contributed by atoms with Crippen LogP contribution in [0.1, 0.15) is 44.6 Å². The molecule has 2 nitrogen and oxygen atoms in total. The maximum absolute atomic E-state index is 4.51. The van der Waals surface area contributed by atoms with Gasteiger partial charge in [-0.05, 0) is 18.9 Å². The van der Waals surface area contributed by atoms with Crippen molar-refractivity contribution in [3.63, 3.8) is 0 Å². The van der Waals surface area contributed by atoms with Crippen LogP contribution in [0, 0.1) is 6.92 Å². The summed E-state index contributed by atoms with van der Waals surface area (Å²) in [6.07, 6.45) is 1.02. The first-order chi connectivity index (χ1) is 5.88. The van der Waals surface area contributed by atoms with E-state index in [-0.39, 0.29) is 5.41 Å². The van der Waals surface area contributed by atoms with E-state index >= 15 is 0 Å². The van der Waals surface area contributed by atoms with Crippen molar-refractivity contribution in [3.8, 4) is 0 Å². The predicted octanol–water partition coefficient (Wildman–Crippen LogP) is 2.59. The summed E-state index contributed by atoms with van der Waals surface area (Å²) in [7, 11) is 2.03. The summed E-state index contributed by atoms with van der Waals surface area (Å²) in [5.74, 6) is 0.